The van der Waals surface area contributed by atoms with Crippen molar-refractivity contribution in [3.8, 4) is 0 Å². The highest BCUT2D eigenvalue weighted by Gasteiger charge is 2.21. The van der Waals surface area contributed by atoms with Gasteiger partial charge in [0.25, 0.3) is 0 Å². The van der Waals surface area contributed by atoms with Gasteiger partial charge < -0.3 is 4.74 Å². The van der Waals surface area contributed by atoms with Crippen LogP contribution in [0.25, 0.3) is 0 Å². The van der Waals surface area contributed by atoms with Crippen LogP contribution in [0.2, 0.25) is 5.15 Å². The van der Waals surface area contributed by atoms with Gasteiger partial charge in [-0.2, -0.15) is 0 Å². The third-order valence-electron chi connectivity index (χ3n) is 1.95. The molecule has 3 heteroatoms. The van der Waals surface area contributed by atoms with E-state index in [1.807, 2.05) is 12.1 Å². The summed E-state index contributed by atoms with van der Waals surface area (Å²) in [6, 6.07) is 3.90. The van der Waals surface area contributed by atoms with Crippen LogP contribution in [0.5, 0.6) is 0 Å². The number of nitrogens with zero attached hydrogens (tertiary/aromatic N) is 1. The number of rotatable bonds is 3. The molecule has 1 aromatic heterocycles. The maximum Gasteiger partial charge on any atom is 0.129 e. The average molecular weight is 184 g/mol. The first-order valence-electron chi connectivity index (χ1n) is 4.06. The number of aromatic nitrogens is 1. The Morgan fingerprint density at radius 3 is 3.17 bits per heavy atom. The van der Waals surface area contributed by atoms with Crippen LogP contribution < -0.4 is 0 Å². The van der Waals surface area contributed by atoms with Crippen LogP contribution in [-0.4, -0.2) is 17.7 Å². The van der Waals surface area contributed by atoms with Gasteiger partial charge in [-0.25, -0.2) is 4.98 Å². The molecule has 1 unspecified atom stereocenters. The van der Waals surface area contributed by atoms with Gasteiger partial charge >= 0.3 is 0 Å². The third kappa shape index (κ3) is 2.19. The smallest absolute Gasteiger partial charge is 0.129 e. The highest BCUT2D eigenvalue weighted by atomic mass is 35.5. The van der Waals surface area contributed by atoms with Crippen LogP contribution in [0.4, 0.5) is 0 Å². The first-order valence-corrected chi connectivity index (χ1v) is 4.44. The summed E-state index contributed by atoms with van der Waals surface area (Å²) in [7, 11) is 0. The number of hydrogen-bond donors (Lipinski definition) is 0. The molecule has 1 aliphatic rings. The minimum Gasteiger partial charge on any atom is -0.373 e. The fourth-order valence-corrected chi connectivity index (χ4v) is 1.36. The second-order valence-corrected chi connectivity index (χ2v) is 3.37. The lowest BCUT2D eigenvalue weighted by Crippen LogP contribution is -1.91. The van der Waals surface area contributed by atoms with Gasteiger partial charge in [-0.05, 0) is 30.5 Å². The Kier molecular flexibility index (Phi) is 2.28. The number of pyridine rings is 1. The van der Waals surface area contributed by atoms with Gasteiger partial charge in [0.05, 0.1) is 12.7 Å². The molecule has 0 saturated carbocycles. The van der Waals surface area contributed by atoms with E-state index in [2.05, 4.69) is 4.98 Å². The van der Waals surface area contributed by atoms with Gasteiger partial charge in [-0.1, -0.05) is 11.6 Å². The van der Waals surface area contributed by atoms with Gasteiger partial charge in [-0.3, -0.25) is 0 Å². The van der Waals surface area contributed by atoms with E-state index in [0.717, 1.165) is 19.4 Å². The number of hydrogen-bond acceptors (Lipinski definition) is 2. The summed E-state index contributed by atoms with van der Waals surface area (Å²) in [5, 5.41) is 0.573. The van der Waals surface area contributed by atoms with Gasteiger partial charge in [0.15, 0.2) is 0 Å². The zero-order valence-electron chi connectivity index (χ0n) is 6.66. The maximum absolute atomic E-state index is 5.73. The van der Waals surface area contributed by atoms with Crippen LogP contribution in [0.15, 0.2) is 18.3 Å². The number of halogens is 1. The van der Waals surface area contributed by atoms with Crippen molar-refractivity contribution in [3.63, 3.8) is 0 Å². The zero-order valence-corrected chi connectivity index (χ0v) is 7.42. The molecule has 1 fully saturated rings. The maximum atomic E-state index is 5.73. The third-order valence-corrected chi connectivity index (χ3v) is 2.16. The van der Waals surface area contributed by atoms with Crippen LogP contribution in [0.3, 0.4) is 0 Å². The minimum atomic E-state index is 0.497. The predicted octanol–water partition coefficient (Wildman–Crippen LogP) is 2.07. The second kappa shape index (κ2) is 3.42. The largest absolute Gasteiger partial charge is 0.373 e. The summed E-state index contributed by atoms with van der Waals surface area (Å²) in [5.41, 5.74) is 1.24. The molecule has 1 saturated heterocycles. The molecule has 1 aliphatic heterocycles. The van der Waals surface area contributed by atoms with Crippen LogP contribution in [0, 0.1) is 0 Å². The number of aryl methyl sites for hydroxylation is 1. The van der Waals surface area contributed by atoms with Crippen LogP contribution in [-0.2, 0) is 11.2 Å². The first kappa shape index (κ1) is 8.02. The summed E-state index contributed by atoms with van der Waals surface area (Å²) in [6.07, 6.45) is 4.37. The Labute approximate surface area is 76.5 Å². The molecule has 2 nitrogen and oxygen atoms in total. The predicted molar refractivity (Wildman–Crippen MR) is 47.3 cm³/mol. The SMILES string of the molecule is Clc1cc(CCC2CO2)ccn1. The van der Waals surface area contributed by atoms with E-state index in [-0.39, 0.29) is 0 Å². The van der Waals surface area contributed by atoms with E-state index >= 15 is 0 Å². The van der Waals surface area contributed by atoms with Crippen molar-refractivity contribution in [2.24, 2.45) is 0 Å². The number of epoxide rings is 1. The lowest BCUT2D eigenvalue weighted by molar-refractivity contribution is 0.397. The standard InChI is InChI=1S/C9H10ClNO/c10-9-5-7(3-4-11-9)1-2-8-6-12-8/h3-5,8H,1-2,6H2. The molecule has 1 atom stereocenters. The topological polar surface area (TPSA) is 25.4 Å². The Bertz CT molecular complexity index is 273. The summed E-state index contributed by atoms with van der Waals surface area (Å²) in [5.74, 6) is 0. The Balaban J connectivity index is 1.92. The summed E-state index contributed by atoms with van der Waals surface area (Å²) < 4.78 is 5.11. The van der Waals surface area contributed by atoms with E-state index in [0.29, 0.717) is 11.3 Å². The Morgan fingerprint density at radius 1 is 1.67 bits per heavy atom. The van der Waals surface area contributed by atoms with E-state index in [4.69, 9.17) is 16.3 Å². The monoisotopic (exact) mass is 183 g/mol. The van der Waals surface area contributed by atoms with E-state index in [1.54, 1.807) is 6.20 Å². The lowest BCUT2D eigenvalue weighted by atomic mass is 10.1. The molecule has 2 heterocycles. The molecule has 0 aliphatic carbocycles. The molecule has 0 N–H and O–H groups in total. The van der Waals surface area contributed by atoms with Crippen LogP contribution in [0.1, 0.15) is 12.0 Å². The fraction of sp³-hybridized carbons (Fsp3) is 0.444. The molecule has 0 spiro atoms. The highest BCUT2D eigenvalue weighted by Crippen LogP contribution is 2.17. The van der Waals surface area contributed by atoms with E-state index in [9.17, 15) is 0 Å². The van der Waals surface area contributed by atoms with Crippen molar-refractivity contribution in [1.82, 2.24) is 4.98 Å². The van der Waals surface area contributed by atoms with E-state index in [1.165, 1.54) is 5.56 Å². The second-order valence-electron chi connectivity index (χ2n) is 2.98. The van der Waals surface area contributed by atoms with Gasteiger partial charge in [-0.15, -0.1) is 0 Å². The van der Waals surface area contributed by atoms with Gasteiger partial charge in [0, 0.05) is 6.20 Å². The minimum absolute atomic E-state index is 0.497. The normalized spacial score (nSPS) is 20.9. The van der Waals surface area contributed by atoms with Crippen molar-refractivity contribution in [2.45, 2.75) is 18.9 Å². The molecule has 1 aromatic rings. The van der Waals surface area contributed by atoms with Gasteiger partial charge in [0.2, 0.25) is 0 Å². The quantitative estimate of drug-likeness (QED) is 0.530. The molecular weight excluding hydrogens is 174 g/mol. The summed E-state index contributed by atoms with van der Waals surface area (Å²) >= 11 is 5.73. The first-order chi connectivity index (χ1) is 5.84. The van der Waals surface area contributed by atoms with Crippen molar-refractivity contribution in [2.75, 3.05) is 6.61 Å². The Morgan fingerprint density at radius 2 is 2.50 bits per heavy atom. The molecule has 0 radical (unpaired) electrons. The highest BCUT2D eigenvalue weighted by molar-refractivity contribution is 6.29. The molecule has 0 aromatic carbocycles. The van der Waals surface area contributed by atoms with Crippen molar-refractivity contribution < 1.29 is 4.74 Å². The Hall–Kier alpha value is -0.600. The lowest BCUT2D eigenvalue weighted by Gasteiger charge is -1.98. The summed E-state index contributed by atoms with van der Waals surface area (Å²) in [6.45, 7) is 0.929. The van der Waals surface area contributed by atoms with Crippen LogP contribution >= 0.6 is 11.6 Å². The van der Waals surface area contributed by atoms with Crippen molar-refractivity contribution >= 4 is 11.6 Å². The van der Waals surface area contributed by atoms with Crippen molar-refractivity contribution in [3.05, 3.63) is 29.0 Å². The van der Waals surface area contributed by atoms with Crippen molar-refractivity contribution in [1.29, 1.82) is 0 Å². The molecular formula is C9H10ClNO. The van der Waals surface area contributed by atoms with Gasteiger partial charge in [0.1, 0.15) is 5.15 Å². The number of ether oxygens (including phenoxy) is 1. The average Bonchev–Trinajstić information content (AvgIpc) is 2.84. The molecule has 64 valence electrons. The summed E-state index contributed by atoms with van der Waals surface area (Å²) in [4.78, 5) is 3.92. The molecule has 0 amide bonds. The fourth-order valence-electron chi connectivity index (χ4n) is 1.16. The molecule has 0 bridgehead atoms. The molecule has 12 heavy (non-hydrogen) atoms. The van der Waals surface area contributed by atoms with E-state index < -0.39 is 0 Å². The molecule has 2 rings (SSSR count). The zero-order chi connectivity index (χ0) is 8.39.